The van der Waals surface area contributed by atoms with Crippen LogP contribution in [0.2, 0.25) is 0 Å². The first-order chi connectivity index (χ1) is 18.4. The Hall–Kier alpha value is -5.31. The number of para-hydroxylation sites is 1. The third-order valence-electron chi connectivity index (χ3n) is 6.36. The summed E-state index contributed by atoms with van der Waals surface area (Å²) in [5.41, 5.74) is 6.84. The molecule has 1 amide bonds. The number of benzene rings is 2. The molecule has 0 unspecified atom stereocenters. The number of carbonyl (C=O) groups excluding carboxylic acids is 1. The van der Waals surface area contributed by atoms with Gasteiger partial charge in [-0.25, -0.2) is 14.4 Å². The van der Waals surface area contributed by atoms with Crippen LogP contribution >= 0.6 is 0 Å². The molecule has 2 aromatic carbocycles. The second kappa shape index (κ2) is 8.97. The largest absolute Gasteiger partial charge is 0.453 e. The summed E-state index contributed by atoms with van der Waals surface area (Å²) in [6.45, 7) is 0. The third-order valence-corrected chi connectivity index (χ3v) is 6.36. The minimum absolute atomic E-state index is 0.0224. The summed E-state index contributed by atoms with van der Waals surface area (Å²) in [7, 11) is 1.86. The number of fused-ring (bicyclic) bond motifs is 2. The third kappa shape index (κ3) is 3.68. The maximum atomic E-state index is 15.4. The summed E-state index contributed by atoms with van der Waals surface area (Å²) < 4.78 is 24.5. The quantitative estimate of drug-likeness (QED) is 0.356. The van der Waals surface area contributed by atoms with E-state index in [9.17, 15) is 9.59 Å². The molecule has 0 saturated carbocycles. The van der Waals surface area contributed by atoms with Gasteiger partial charge in [0.1, 0.15) is 22.6 Å². The van der Waals surface area contributed by atoms with Crippen LogP contribution in [-0.2, 0) is 7.05 Å². The van der Waals surface area contributed by atoms with Crippen LogP contribution in [-0.4, -0.2) is 25.0 Å². The van der Waals surface area contributed by atoms with Crippen LogP contribution in [0.1, 0.15) is 10.4 Å². The normalized spacial score (nSPS) is 11.2. The molecule has 0 saturated heterocycles. The van der Waals surface area contributed by atoms with Gasteiger partial charge in [-0.2, -0.15) is 0 Å². The number of ether oxygens (including phenoxy) is 1. The fourth-order valence-electron chi connectivity index (χ4n) is 4.65. The number of hydrogen-bond donors (Lipinski definition) is 1. The molecule has 0 aliphatic heterocycles. The van der Waals surface area contributed by atoms with E-state index < -0.39 is 17.3 Å². The van der Waals surface area contributed by atoms with Crippen LogP contribution in [0.25, 0.3) is 38.9 Å². The molecule has 186 valence electrons. The molecule has 9 heteroatoms. The van der Waals surface area contributed by atoms with Crippen molar-refractivity contribution in [2.24, 2.45) is 12.8 Å². The van der Waals surface area contributed by atoms with Crippen molar-refractivity contribution < 1.29 is 13.9 Å². The van der Waals surface area contributed by atoms with Gasteiger partial charge in [0.25, 0.3) is 11.5 Å². The molecule has 8 nitrogen and oxygen atoms in total. The summed E-state index contributed by atoms with van der Waals surface area (Å²) in [6, 6.07) is 20.0. The molecule has 38 heavy (non-hydrogen) atoms. The monoisotopic (exact) mass is 505 g/mol. The van der Waals surface area contributed by atoms with Crippen LogP contribution in [0.3, 0.4) is 0 Å². The van der Waals surface area contributed by atoms with E-state index in [1.54, 1.807) is 60.9 Å². The van der Waals surface area contributed by atoms with Gasteiger partial charge in [-0.05, 0) is 54.1 Å². The van der Waals surface area contributed by atoms with Crippen molar-refractivity contribution in [1.82, 2.24) is 19.1 Å². The lowest BCUT2D eigenvalue weighted by atomic mass is 9.96. The SMILES string of the molecule is Cn1ccc2c(Oc3ccc(-c4c(C(N)=O)c(=O)n(-c5ccccc5)c5ncccc45)cc3F)ccnc21. The fraction of sp³-hybridized carbons (Fsp3) is 0.0345. The molecule has 0 aliphatic rings. The van der Waals surface area contributed by atoms with E-state index in [0.29, 0.717) is 33.7 Å². The first-order valence-electron chi connectivity index (χ1n) is 11.7. The molecule has 4 heterocycles. The average Bonchev–Trinajstić information content (AvgIpc) is 3.31. The van der Waals surface area contributed by atoms with Crippen molar-refractivity contribution in [3.63, 3.8) is 0 Å². The second-order valence-electron chi connectivity index (χ2n) is 8.69. The zero-order valence-corrected chi connectivity index (χ0v) is 20.1. The van der Waals surface area contributed by atoms with E-state index in [-0.39, 0.29) is 16.9 Å². The van der Waals surface area contributed by atoms with Crippen molar-refractivity contribution in [2.75, 3.05) is 0 Å². The Morgan fingerprint density at radius 2 is 1.68 bits per heavy atom. The van der Waals surface area contributed by atoms with Crippen LogP contribution < -0.4 is 16.0 Å². The standard InChI is InChI=1S/C29H20FN5O3/c1-34-15-12-19-22(11-14-33-27(19)34)38-23-10-9-17(16-21(23)30)24-20-8-5-13-32-28(20)35(18-6-3-2-4-7-18)29(37)25(24)26(31)36/h2-16H,1H3,(H2,31,36). The summed E-state index contributed by atoms with van der Waals surface area (Å²) in [6.07, 6.45) is 4.97. The molecule has 0 atom stereocenters. The van der Waals surface area contributed by atoms with Crippen molar-refractivity contribution in [3.8, 4) is 28.3 Å². The summed E-state index contributed by atoms with van der Waals surface area (Å²) >= 11 is 0. The zero-order chi connectivity index (χ0) is 26.4. The number of nitrogens with zero attached hydrogens (tertiary/aromatic N) is 4. The summed E-state index contributed by atoms with van der Waals surface area (Å²) in [4.78, 5) is 35.0. The number of rotatable bonds is 5. The van der Waals surface area contributed by atoms with Crippen molar-refractivity contribution in [3.05, 3.63) is 113 Å². The predicted octanol–water partition coefficient (Wildman–Crippen LogP) is 4.97. The molecule has 2 N–H and O–H groups in total. The lowest BCUT2D eigenvalue weighted by Gasteiger charge is -2.17. The summed E-state index contributed by atoms with van der Waals surface area (Å²) in [5, 5.41) is 1.20. The molecule has 6 rings (SSSR count). The molecule has 0 radical (unpaired) electrons. The highest BCUT2D eigenvalue weighted by molar-refractivity contribution is 6.08. The van der Waals surface area contributed by atoms with Gasteiger partial charge in [-0.3, -0.25) is 14.2 Å². The van der Waals surface area contributed by atoms with Gasteiger partial charge >= 0.3 is 0 Å². The van der Waals surface area contributed by atoms with E-state index in [4.69, 9.17) is 10.5 Å². The zero-order valence-electron chi connectivity index (χ0n) is 20.1. The molecule has 0 fully saturated rings. The Labute approximate surface area is 215 Å². The highest BCUT2D eigenvalue weighted by Gasteiger charge is 2.24. The topological polar surface area (TPSA) is 105 Å². The minimum atomic E-state index is -0.926. The van der Waals surface area contributed by atoms with Gasteiger partial charge in [-0.1, -0.05) is 24.3 Å². The van der Waals surface area contributed by atoms with E-state index in [1.165, 1.54) is 16.7 Å². The van der Waals surface area contributed by atoms with Crippen LogP contribution in [0.4, 0.5) is 4.39 Å². The summed E-state index contributed by atoms with van der Waals surface area (Å²) in [5.74, 6) is -1.18. The Kier molecular flexibility index (Phi) is 5.45. The number of amides is 1. The molecule has 0 spiro atoms. The van der Waals surface area contributed by atoms with Gasteiger partial charge in [0.15, 0.2) is 11.6 Å². The molecular formula is C29H20FN5O3. The number of pyridine rings is 3. The molecule has 0 aliphatic carbocycles. The predicted molar refractivity (Wildman–Crippen MR) is 142 cm³/mol. The Balaban J connectivity index is 1.53. The Morgan fingerprint density at radius 1 is 0.895 bits per heavy atom. The smallest absolute Gasteiger partial charge is 0.270 e. The highest BCUT2D eigenvalue weighted by atomic mass is 19.1. The maximum Gasteiger partial charge on any atom is 0.270 e. The molecule has 4 aromatic heterocycles. The Bertz CT molecular complexity index is 1930. The van der Waals surface area contributed by atoms with Gasteiger partial charge in [0.05, 0.1) is 11.1 Å². The molecule has 6 aromatic rings. The van der Waals surface area contributed by atoms with Gasteiger partial charge in [-0.15, -0.1) is 0 Å². The van der Waals surface area contributed by atoms with Gasteiger partial charge in [0, 0.05) is 36.6 Å². The number of aryl methyl sites for hydroxylation is 1. The number of nitrogens with two attached hydrogens (primary N) is 1. The average molecular weight is 506 g/mol. The lowest BCUT2D eigenvalue weighted by molar-refractivity contribution is 0.0999. The lowest BCUT2D eigenvalue weighted by Crippen LogP contribution is -2.30. The molecule has 0 bridgehead atoms. The Morgan fingerprint density at radius 3 is 2.45 bits per heavy atom. The van der Waals surface area contributed by atoms with Gasteiger partial charge < -0.3 is 15.0 Å². The highest BCUT2D eigenvalue weighted by Crippen LogP contribution is 2.35. The van der Waals surface area contributed by atoms with E-state index in [1.807, 2.05) is 29.9 Å². The number of hydrogen-bond acceptors (Lipinski definition) is 5. The van der Waals surface area contributed by atoms with Crippen molar-refractivity contribution >= 4 is 28.0 Å². The number of halogens is 1. The first kappa shape index (κ1) is 23.1. The first-order valence-corrected chi connectivity index (χ1v) is 11.7. The van der Waals surface area contributed by atoms with Crippen molar-refractivity contribution in [2.45, 2.75) is 0 Å². The second-order valence-corrected chi connectivity index (χ2v) is 8.69. The van der Waals surface area contributed by atoms with Gasteiger partial charge in [0.2, 0.25) is 0 Å². The number of primary amides is 1. The number of aromatic nitrogens is 4. The van der Waals surface area contributed by atoms with Crippen molar-refractivity contribution in [1.29, 1.82) is 0 Å². The van der Waals surface area contributed by atoms with E-state index >= 15 is 4.39 Å². The van der Waals surface area contributed by atoms with Crippen LogP contribution in [0.5, 0.6) is 11.5 Å². The fourth-order valence-corrected chi connectivity index (χ4v) is 4.65. The maximum absolute atomic E-state index is 15.4. The van der Waals surface area contributed by atoms with E-state index in [2.05, 4.69) is 9.97 Å². The van der Waals surface area contributed by atoms with E-state index in [0.717, 1.165) is 5.39 Å². The minimum Gasteiger partial charge on any atom is -0.453 e. The van der Waals surface area contributed by atoms with Crippen LogP contribution in [0, 0.1) is 5.82 Å². The van der Waals surface area contributed by atoms with Crippen LogP contribution in [0.15, 0.2) is 96.2 Å². The molecular weight excluding hydrogens is 485 g/mol. The number of carbonyl (C=O) groups is 1.